The molecule has 0 saturated carbocycles. The van der Waals surface area contributed by atoms with E-state index in [2.05, 4.69) is 5.32 Å². The van der Waals surface area contributed by atoms with Gasteiger partial charge in [-0.2, -0.15) is 0 Å². The zero-order valence-electron chi connectivity index (χ0n) is 23.5. The van der Waals surface area contributed by atoms with E-state index in [0.717, 1.165) is 50.1 Å². The molecule has 0 aliphatic heterocycles. The minimum atomic E-state index is -1.13. The first-order valence-corrected chi connectivity index (χ1v) is 12.9. The van der Waals surface area contributed by atoms with Gasteiger partial charge in [-0.3, -0.25) is 0 Å². The molecule has 5 rings (SSSR count). The fourth-order valence-electron chi connectivity index (χ4n) is 6.36. The molecule has 0 heterocycles. The van der Waals surface area contributed by atoms with E-state index < -0.39 is 5.41 Å². The number of anilines is 10. The van der Waals surface area contributed by atoms with Crippen LogP contribution in [-0.2, 0) is 5.41 Å². The molecule has 0 unspecified atom stereocenters. The predicted octanol–water partition coefficient (Wildman–Crippen LogP) is 3.56. The van der Waals surface area contributed by atoms with Crippen molar-refractivity contribution in [2.24, 2.45) is 0 Å². The Hall–Kier alpha value is -5.12. The lowest BCUT2D eigenvalue weighted by Crippen LogP contribution is -2.32. The van der Waals surface area contributed by atoms with Crippen molar-refractivity contribution in [3.63, 3.8) is 0 Å². The van der Waals surface area contributed by atoms with Gasteiger partial charge in [0.2, 0.25) is 0 Å². The highest BCUT2D eigenvalue weighted by Crippen LogP contribution is 2.65. The molecule has 0 spiro atoms. The second-order valence-corrected chi connectivity index (χ2v) is 10.8. The van der Waals surface area contributed by atoms with Crippen LogP contribution in [0.5, 0.6) is 0 Å². The van der Waals surface area contributed by atoms with E-state index in [4.69, 9.17) is 51.6 Å². The van der Waals surface area contributed by atoms with Gasteiger partial charge in [0, 0.05) is 40.9 Å². The molecule has 0 bridgehead atoms. The number of fused-ring (bicyclic) bond motifs is 3. The molecule has 4 aromatic rings. The minimum Gasteiger partial charge on any atom is -0.398 e. The Morgan fingerprint density at radius 2 is 0.900 bits per heavy atom. The fraction of sp³-hybridized carbons (Fsp3) is 0.200. The first-order valence-electron chi connectivity index (χ1n) is 12.9. The van der Waals surface area contributed by atoms with Crippen LogP contribution in [0, 0.1) is 27.7 Å². The van der Waals surface area contributed by atoms with Crippen molar-refractivity contribution in [3.8, 4) is 11.1 Å². The molecular formula is C30H38N10. The summed E-state index contributed by atoms with van der Waals surface area (Å²) in [6.45, 7) is 7.60. The first-order chi connectivity index (χ1) is 18.7. The van der Waals surface area contributed by atoms with Gasteiger partial charge in [-0.1, -0.05) is 0 Å². The molecule has 1 aliphatic carbocycles. The van der Waals surface area contributed by atoms with E-state index in [9.17, 15) is 0 Å². The molecule has 1 aliphatic rings. The summed E-state index contributed by atoms with van der Waals surface area (Å²) in [4.78, 5) is 0. The summed E-state index contributed by atoms with van der Waals surface area (Å²) >= 11 is 0. The Morgan fingerprint density at radius 3 is 1.32 bits per heavy atom. The number of nitrogen functional groups attached to an aromatic ring is 9. The van der Waals surface area contributed by atoms with E-state index in [0.29, 0.717) is 56.7 Å². The summed E-state index contributed by atoms with van der Waals surface area (Å²) in [7, 11) is 1.80. The predicted molar refractivity (Wildman–Crippen MR) is 172 cm³/mol. The third-order valence-electron chi connectivity index (χ3n) is 8.81. The number of hydrogen-bond acceptors (Lipinski definition) is 10. The maximum Gasteiger partial charge on any atom is 0.0792 e. The highest BCUT2D eigenvalue weighted by atomic mass is 14.9. The molecule has 10 heteroatoms. The van der Waals surface area contributed by atoms with Crippen molar-refractivity contribution < 1.29 is 0 Å². The SMILES string of the molecule is CNc1c(N)c(N)c(C)c2c1-c1c(C)c(N)c(N)c(N)c1C2(c1cc(N)c(C)c(N)c1)c1cc(N)c(C)c(N)c1. The lowest BCUT2D eigenvalue weighted by atomic mass is 9.65. The van der Waals surface area contributed by atoms with Gasteiger partial charge in [0.25, 0.3) is 0 Å². The quantitative estimate of drug-likeness (QED) is 0.149. The van der Waals surface area contributed by atoms with Crippen molar-refractivity contribution >= 4 is 56.9 Å². The van der Waals surface area contributed by atoms with Gasteiger partial charge in [-0.25, -0.2) is 0 Å². The standard InChI is InChI=1S/C30H38N10/c1-10-16(31)6-14(7-17(10)32)30(15-8-18(33)11(2)19(34)9-15)22-13(4)25(36)28(39)29(40-5)21(22)20-12(3)24(35)27(38)26(37)23(20)30/h6-9,40H,31-39H2,1-5H3. The van der Waals surface area contributed by atoms with Gasteiger partial charge < -0.3 is 56.9 Å². The average Bonchev–Trinajstić information content (AvgIpc) is 3.23. The zero-order chi connectivity index (χ0) is 29.6. The molecule has 0 fully saturated rings. The minimum absolute atomic E-state index is 0.277. The summed E-state index contributed by atoms with van der Waals surface area (Å²) < 4.78 is 0. The van der Waals surface area contributed by atoms with Crippen molar-refractivity contribution in [2.75, 3.05) is 64.0 Å². The van der Waals surface area contributed by atoms with Gasteiger partial charge in [-0.15, -0.1) is 0 Å². The van der Waals surface area contributed by atoms with Gasteiger partial charge >= 0.3 is 0 Å². The molecule has 4 aromatic carbocycles. The van der Waals surface area contributed by atoms with Crippen LogP contribution >= 0.6 is 0 Å². The van der Waals surface area contributed by atoms with Crippen molar-refractivity contribution in [1.82, 2.24) is 0 Å². The lowest BCUT2D eigenvalue weighted by Gasteiger charge is -2.37. The maximum absolute atomic E-state index is 6.95. The Kier molecular flexibility index (Phi) is 5.59. The molecule has 0 amide bonds. The van der Waals surface area contributed by atoms with Crippen LogP contribution in [0.1, 0.15) is 44.5 Å². The normalized spacial score (nSPS) is 13.2. The Morgan fingerprint density at radius 1 is 0.475 bits per heavy atom. The van der Waals surface area contributed by atoms with Crippen LogP contribution in [0.4, 0.5) is 56.9 Å². The summed E-state index contributed by atoms with van der Waals surface area (Å²) in [5, 5.41) is 3.27. The zero-order valence-corrected chi connectivity index (χ0v) is 23.5. The van der Waals surface area contributed by atoms with E-state index in [1.54, 1.807) is 7.05 Å². The highest BCUT2D eigenvalue weighted by molar-refractivity contribution is 6.08. The molecule has 10 nitrogen and oxygen atoms in total. The Labute approximate surface area is 233 Å². The second-order valence-electron chi connectivity index (χ2n) is 10.8. The van der Waals surface area contributed by atoms with Crippen LogP contribution in [0.2, 0.25) is 0 Å². The van der Waals surface area contributed by atoms with Crippen LogP contribution in [0.15, 0.2) is 24.3 Å². The van der Waals surface area contributed by atoms with E-state index in [1.165, 1.54) is 0 Å². The van der Waals surface area contributed by atoms with Gasteiger partial charge in [-0.05, 0) is 96.5 Å². The van der Waals surface area contributed by atoms with Crippen molar-refractivity contribution in [1.29, 1.82) is 0 Å². The van der Waals surface area contributed by atoms with Crippen molar-refractivity contribution in [2.45, 2.75) is 33.1 Å². The summed E-state index contributed by atoms with van der Waals surface area (Å²) in [5.74, 6) is 0. The molecule has 40 heavy (non-hydrogen) atoms. The van der Waals surface area contributed by atoms with Crippen molar-refractivity contribution in [3.05, 3.63) is 68.8 Å². The third kappa shape index (κ3) is 3.04. The van der Waals surface area contributed by atoms with Gasteiger partial charge in [0.05, 0.1) is 39.5 Å². The number of benzene rings is 4. The molecule has 0 aromatic heterocycles. The van der Waals surface area contributed by atoms with Crippen LogP contribution < -0.4 is 56.9 Å². The molecular weight excluding hydrogens is 500 g/mol. The number of rotatable bonds is 3. The maximum atomic E-state index is 6.95. The van der Waals surface area contributed by atoms with Crippen LogP contribution in [-0.4, -0.2) is 7.05 Å². The molecule has 0 radical (unpaired) electrons. The number of nitrogens with one attached hydrogen (secondary N) is 1. The summed E-state index contributed by atoms with van der Waals surface area (Å²) in [6, 6.07) is 7.62. The van der Waals surface area contributed by atoms with Gasteiger partial charge in [0.1, 0.15) is 0 Å². The monoisotopic (exact) mass is 538 g/mol. The first kappa shape index (κ1) is 26.5. The Balaban J connectivity index is 2.21. The van der Waals surface area contributed by atoms with Crippen LogP contribution in [0.3, 0.4) is 0 Å². The molecule has 0 saturated heterocycles. The smallest absolute Gasteiger partial charge is 0.0792 e. The topological polar surface area (TPSA) is 246 Å². The third-order valence-corrected chi connectivity index (χ3v) is 8.81. The second kappa shape index (κ2) is 8.44. The molecule has 19 N–H and O–H groups in total. The molecule has 208 valence electrons. The highest BCUT2D eigenvalue weighted by Gasteiger charge is 2.52. The van der Waals surface area contributed by atoms with E-state index >= 15 is 0 Å². The molecule has 0 atom stereocenters. The Bertz CT molecular complexity index is 1670. The largest absolute Gasteiger partial charge is 0.398 e. The van der Waals surface area contributed by atoms with E-state index in [-0.39, 0.29) is 5.69 Å². The fourth-order valence-corrected chi connectivity index (χ4v) is 6.36. The van der Waals surface area contributed by atoms with Gasteiger partial charge in [0.15, 0.2) is 0 Å². The van der Waals surface area contributed by atoms with Crippen LogP contribution in [0.25, 0.3) is 11.1 Å². The summed E-state index contributed by atoms with van der Waals surface area (Å²) in [6.07, 6.45) is 0. The average molecular weight is 539 g/mol. The number of nitrogens with two attached hydrogens (primary N) is 9. The van der Waals surface area contributed by atoms with E-state index in [1.807, 2.05) is 52.0 Å². The number of hydrogen-bond donors (Lipinski definition) is 10. The lowest BCUT2D eigenvalue weighted by molar-refractivity contribution is 0.766. The summed E-state index contributed by atoms with van der Waals surface area (Å²) in [5.41, 5.74) is 70.8.